The zero-order chi connectivity index (χ0) is 15.7. The molecule has 0 aliphatic heterocycles. The van der Waals surface area contributed by atoms with Crippen LogP contribution in [0.2, 0.25) is 0 Å². The van der Waals surface area contributed by atoms with Gasteiger partial charge in [0.2, 0.25) is 0 Å². The van der Waals surface area contributed by atoms with Crippen LogP contribution in [0.4, 0.5) is 0 Å². The lowest BCUT2D eigenvalue weighted by Crippen LogP contribution is -2.41. The fraction of sp³-hybridized carbons (Fsp3) is 0.533. The predicted octanol–water partition coefficient (Wildman–Crippen LogP) is 2.01. The van der Waals surface area contributed by atoms with E-state index in [0.29, 0.717) is 18.4 Å². The first-order chi connectivity index (χ1) is 9.98. The lowest BCUT2D eigenvalue weighted by atomic mass is 10.0. The van der Waals surface area contributed by atoms with Crippen molar-refractivity contribution in [1.82, 2.24) is 10.6 Å². The van der Waals surface area contributed by atoms with E-state index in [0.717, 1.165) is 6.54 Å². The molecule has 0 heterocycles. The Morgan fingerprint density at radius 3 is 2.41 bits per heavy atom. The van der Waals surface area contributed by atoms with Gasteiger partial charge in [0.05, 0.1) is 5.75 Å². The molecule has 7 heteroatoms. The number of aliphatic imine (C=N–C) groups is 1. The predicted molar refractivity (Wildman–Crippen MR) is 104 cm³/mol. The number of nitrogens with one attached hydrogen (secondary N) is 2. The first-order valence-corrected chi connectivity index (χ1v) is 9.00. The first kappa shape index (κ1) is 21.2. The molecule has 0 fully saturated rings. The van der Waals surface area contributed by atoms with E-state index in [-0.39, 0.29) is 35.5 Å². The molecular weight excluding hydrogens is 413 g/mol. The summed E-state index contributed by atoms with van der Waals surface area (Å²) in [4.78, 5) is 4.10. The van der Waals surface area contributed by atoms with Gasteiger partial charge in [0.15, 0.2) is 15.8 Å². The molecule has 0 saturated heterocycles. The van der Waals surface area contributed by atoms with E-state index in [4.69, 9.17) is 0 Å². The zero-order valence-corrected chi connectivity index (χ0v) is 16.5. The fourth-order valence-corrected chi connectivity index (χ4v) is 2.54. The third-order valence-electron chi connectivity index (χ3n) is 3.31. The van der Waals surface area contributed by atoms with Gasteiger partial charge >= 0.3 is 0 Å². The average Bonchev–Trinajstić information content (AvgIpc) is 2.51. The minimum atomic E-state index is -2.94. The third kappa shape index (κ3) is 7.98. The molecule has 1 aromatic rings. The highest BCUT2D eigenvalue weighted by atomic mass is 127. The Morgan fingerprint density at radius 1 is 1.23 bits per heavy atom. The van der Waals surface area contributed by atoms with Crippen LogP contribution in [0.1, 0.15) is 25.3 Å². The maximum absolute atomic E-state index is 11.4. The Bertz CT molecular complexity index is 547. The van der Waals surface area contributed by atoms with E-state index in [9.17, 15) is 8.42 Å². The number of hydrogen-bond donors (Lipinski definition) is 2. The quantitative estimate of drug-likeness (QED) is 0.388. The van der Waals surface area contributed by atoms with Crippen molar-refractivity contribution in [2.24, 2.45) is 4.99 Å². The van der Waals surface area contributed by atoms with Gasteiger partial charge in [0.1, 0.15) is 0 Å². The minimum Gasteiger partial charge on any atom is -0.356 e. The molecule has 0 aliphatic carbocycles. The summed E-state index contributed by atoms with van der Waals surface area (Å²) in [5, 5.41) is 6.24. The molecule has 0 amide bonds. The van der Waals surface area contributed by atoms with Crippen molar-refractivity contribution in [2.45, 2.75) is 19.8 Å². The molecule has 1 unspecified atom stereocenters. The maximum Gasteiger partial charge on any atom is 0.191 e. The van der Waals surface area contributed by atoms with E-state index >= 15 is 0 Å². The molecule has 1 rings (SSSR count). The molecule has 0 bridgehead atoms. The van der Waals surface area contributed by atoms with Gasteiger partial charge in [-0.3, -0.25) is 4.99 Å². The van der Waals surface area contributed by atoms with Gasteiger partial charge < -0.3 is 10.6 Å². The first-order valence-electron chi connectivity index (χ1n) is 7.18. The highest BCUT2D eigenvalue weighted by Crippen LogP contribution is 2.12. The van der Waals surface area contributed by atoms with Gasteiger partial charge in [-0.2, -0.15) is 0 Å². The molecule has 0 radical (unpaired) electrons. The monoisotopic (exact) mass is 439 g/mol. The van der Waals surface area contributed by atoms with Gasteiger partial charge in [-0.05, 0) is 11.5 Å². The number of hydrogen-bond acceptors (Lipinski definition) is 3. The second-order valence-electron chi connectivity index (χ2n) is 4.93. The van der Waals surface area contributed by atoms with E-state index in [1.165, 1.54) is 5.56 Å². The van der Waals surface area contributed by atoms with Crippen LogP contribution < -0.4 is 10.6 Å². The van der Waals surface area contributed by atoms with Gasteiger partial charge in [0, 0.05) is 25.9 Å². The second-order valence-corrected chi connectivity index (χ2v) is 7.40. The second kappa shape index (κ2) is 10.8. The summed E-state index contributed by atoms with van der Waals surface area (Å²) in [6, 6.07) is 10.2. The molecule has 1 aromatic carbocycles. The van der Waals surface area contributed by atoms with Crippen molar-refractivity contribution in [1.29, 1.82) is 0 Å². The van der Waals surface area contributed by atoms with Crippen LogP contribution in [0, 0.1) is 0 Å². The van der Waals surface area contributed by atoms with Crippen LogP contribution in [0.15, 0.2) is 35.3 Å². The molecular formula is C15H26IN3O2S. The van der Waals surface area contributed by atoms with E-state index < -0.39 is 9.84 Å². The number of guanidine groups is 1. The zero-order valence-electron chi connectivity index (χ0n) is 13.4. The van der Waals surface area contributed by atoms with E-state index in [1.54, 1.807) is 14.0 Å². The molecule has 126 valence electrons. The summed E-state index contributed by atoms with van der Waals surface area (Å²) in [5.41, 5.74) is 1.26. The largest absolute Gasteiger partial charge is 0.356 e. The summed E-state index contributed by atoms with van der Waals surface area (Å²) in [6.45, 7) is 4.90. The summed E-state index contributed by atoms with van der Waals surface area (Å²) >= 11 is 0. The molecule has 0 aliphatic rings. The fourth-order valence-electron chi connectivity index (χ4n) is 1.84. The topological polar surface area (TPSA) is 70.6 Å². The molecule has 1 atom stereocenters. The van der Waals surface area contributed by atoms with Crippen LogP contribution in [0.3, 0.4) is 0 Å². The molecule has 0 spiro atoms. The average molecular weight is 439 g/mol. The van der Waals surface area contributed by atoms with E-state index in [2.05, 4.69) is 34.7 Å². The Kier molecular flexibility index (Phi) is 10.4. The molecule has 0 aromatic heterocycles. The molecule has 0 saturated carbocycles. The van der Waals surface area contributed by atoms with Gasteiger partial charge in [-0.1, -0.05) is 44.2 Å². The minimum absolute atomic E-state index is 0. The van der Waals surface area contributed by atoms with Crippen LogP contribution in [0.5, 0.6) is 0 Å². The summed E-state index contributed by atoms with van der Waals surface area (Å²) in [5.74, 6) is 1.28. The third-order valence-corrected chi connectivity index (χ3v) is 5.02. The molecule has 22 heavy (non-hydrogen) atoms. The van der Waals surface area contributed by atoms with Crippen molar-refractivity contribution in [2.75, 3.05) is 31.6 Å². The summed E-state index contributed by atoms with van der Waals surface area (Å²) in [6.07, 6.45) is 0. The SMILES string of the molecule is CCS(=O)(=O)CCNC(=NC)NCC(C)c1ccccc1.I. The van der Waals surface area contributed by atoms with Crippen LogP contribution in [-0.2, 0) is 9.84 Å². The van der Waals surface area contributed by atoms with Crippen molar-refractivity contribution in [3.05, 3.63) is 35.9 Å². The van der Waals surface area contributed by atoms with Crippen LogP contribution in [0.25, 0.3) is 0 Å². The number of benzene rings is 1. The smallest absolute Gasteiger partial charge is 0.191 e. The summed E-state index contributed by atoms with van der Waals surface area (Å²) in [7, 11) is -1.27. The van der Waals surface area contributed by atoms with Crippen molar-refractivity contribution in [3.63, 3.8) is 0 Å². The lowest BCUT2D eigenvalue weighted by molar-refractivity contribution is 0.595. The standard InChI is InChI=1S/C15H25N3O2S.HI/c1-4-21(19,20)11-10-17-15(16-3)18-12-13(2)14-8-6-5-7-9-14;/h5-9,13H,4,10-12H2,1-3H3,(H2,16,17,18);1H. The molecule has 5 nitrogen and oxygen atoms in total. The Labute approximate surface area is 150 Å². The van der Waals surface area contributed by atoms with E-state index in [1.807, 2.05) is 18.2 Å². The Hall–Kier alpha value is -0.830. The van der Waals surface area contributed by atoms with Gasteiger partial charge in [-0.15, -0.1) is 24.0 Å². The number of nitrogens with zero attached hydrogens (tertiary/aromatic N) is 1. The Morgan fingerprint density at radius 2 is 1.86 bits per heavy atom. The van der Waals surface area contributed by atoms with Crippen molar-refractivity contribution < 1.29 is 8.42 Å². The highest BCUT2D eigenvalue weighted by Gasteiger charge is 2.09. The van der Waals surface area contributed by atoms with Crippen LogP contribution in [-0.4, -0.2) is 46.0 Å². The lowest BCUT2D eigenvalue weighted by Gasteiger charge is -2.16. The van der Waals surface area contributed by atoms with Crippen LogP contribution >= 0.6 is 24.0 Å². The van der Waals surface area contributed by atoms with Gasteiger partial charge in [-0.25, -0.2) is 8.42 Å². The van der Waals surface area contributed by atoms with Crippen molar-refractivity contribution in [3.8, 4) is 0 Å². The molecule has 2 N–H and O–H groups in total. The number of rotatable bonds is 7. The summed E-state index contributed by atoms with van der Waals surface area (Å²) < 4.78 is 22.8. The number of halogens is 1. The van der Waals surface area contributed by atoms with Crippen molar-refractivity contribution >= 4 is 39.8 Å². The highest BCUT2D eigenvalue weighted by molar-refractivity contribution is 14.0. The normalized spacial score (nSPS) is 13.1. The van der Waals surface area contributed by atoms with Gasteiger partial charge in [0.25, 0.3) is 0 Å². The Balaban J connectivity index is 0.00000441. The number of sulfone groups is 1. The maximum atomic E-state index is 11.4.